The largest absolute Gasteiger partial charge is 0.329 e. The van der Waals surface area contributed by atoms with Crippen LogP contribution in [0.25, 0.3) is 0 Å². The first-order valence-electron chi connectivity index (χ1n) is 7.59. The Morgan fingerprint density at radius 2 is 1.84 bits per heavy atom. The predicted octanol–water partition coefficient (Wildman–Crippen LogP) is 2.12. The van der Waals surface area contributed by atoms with Gasteiger partial charge in [0.25, 0.3) is 0 Å². The lowest BCUT2D eigenvalue weighted by Crippen LogP contribution is -2.60. The van der Waals surface area contributed by atoms with Crippen LogP contribution in [-0.4, -0.2) is 66.6 Å². The third kappa shape index (κ3) is 4.62. The molecule has 1 heterocycles. The fourth-order valence-electron chi connectivity index (χ4n) is 3.19. The first kappa shape index (κ1) is 17.3. The van der Waals surface area contributed by atoms with E-state index in [0.717, 1.165) is 12.5 Å². The van der Waals surface area contributed by atoms with E-state index in [1.54, 1.807) is 0 Å². The van der Waals surface area contributed by atoms with Crippen LogP contribution in [0, 0.1) is 5.92 Å². The van der Waals surface area contributed by atoms with E-state index in [0.29, 0.717) is 6.04 Å². The molecule has 1 aliphatic rings. The summed E-state index contributed by atoms with van der Waals surface area (Å²) in [5.41, 5.74) is 6.38. The van der Waals surface area contributed by atoms with Crippen LogP contribution in [0.1, 0.15) is 33.6 Å². The molecule has 0 aromatic rings. The smallest absolute Gasteiger partial charge is 0.0356 e. The highest BCUT2D eigenvalue weighted by Gasteiger charge is 2.38. The van der Waals surface area contributed by atoms with Crippen LogP contribution in [0.3, 0.4) is 0 Å². The van der Waals surface area contributed by atoms with E-state index < -0.39 is 0 Å². The summed E-state index contributed by atoms with van der Waals surface area (Å²) in [6.07, 6.45) is 4.61. The minimum absolute atomic E-state index is 0.225. The zero-order valence-corrected chi connectivity index (χ0v) is 14.3. The zero-order valence-electron chi connectivity index (χ0n) is 13.5. The number of likely N-dealkylation sites (N-methyl/N-ethyl adjacent to an activating group) is 1. The molecule has 1 unspecified atom stereocenters. The van der Waals surface area contributed by atoms with Crippen LogP contribution < -0.4 is 5.73 Å². The molecule has 1 aliphatic heterocycles. The standard InChI is InChI=1S/C15H33N3S/c1-13(2)10-18-8-6-15(12-16,7-9-18)17(4)14(3)11-19-5/h13-14H,6-12,16H2,1-5H3. The van der Waals surface area contributed by atoms with Crippen molar-refractivity contribution in [1.29, 1.82) is 0 Å². The summed E-state index contributed by atoms with van der Waals surface area (Å²) in [4.78, 5) is 5.15. The van der Waals surface area contributed by atoms with Gasteiger partial charge in [0, 0.05) is 30.4 Å². The molecule has 0 aromatic heterocycles. The SMILES string of the molecule is CSCC(C)N(C)C1(CN)CCN(CC(C)C)CC1. The Bertz CT molecular complexity index is 250. The van der Waals surface area contributed by atoms with Crippen LogP contribution in [0.4, 0.5) is 0 Å². The van der Waals surface area contributed by atoms with Crippen LogP contribution in [-0.2, 0) is 0 Å². The molecule has 0 bridgehead atoms. The molecule has 0 amide bonds. The molecule has 0 saturated carbocycles. The highest BCUT2D eigenvalue weighted by molar-refractivity contribution is 7.98. The molecule has 1 saturated heterocycles. The lowest BCUT2D eigenvalue weighted by atomic mass is 9.85. The summed E-state index contributed by atoms with van der Waals surface area (Å²) in [5, 5.41) is 0. The first-order valence-corrected chi connectivity index (χ1v) is 8.99. The monoisotopic (exact) mass is 287 g/mol. The number of hydrogen-bond donors (Lipinski definition) is 1. The van der Waals surface area contributed by atoms with Gasteiger partial charge in [-0.15, -0.1) is 0 Å². The van der Waals surface area contributed by atoms with E-state index >= 15 is 0 Å². The van der Waals surface area contributed by atoms with Crippen molar-refractivity contribution in [3.8, 4) is 0 Å². The van der Waals surface area contributed by atoms with Gasteiger partial charge in [-0.2, -0.15) is 11.8 Å². The molecule has 0 radical (unpaired) electrons. The molecular weight excluding hydrogens is 254 g/mol. The minimum atomic E-state index is 0.225. The summed E-state index contributed by atoms with van der Waals surface area (Å²) in [6, 6.07) is 0.607. The number of rotatable bonds is 7. The van der Waals surface area contributed by atoms with E-state index in [4.69, 9.17) is 5.73 Å². The van der Waals surface area contributed by atoms with E-state index in [1.807, 2.05) is 11.8 Å². The van der Waals surface area contributed by atoms with E-state index in [1.165, 1.54) is 38.2 Å². The highest BCUT2D eigenvalue weighted by Crippen LogP contribution is 2.29. The average molecular weight is 288 g/mol. The van der Waals surface area contributed by atoms with Gasteiger partial charge in [0.05, 0.1) is 0 Å². The third-order valence-electron chi connectivity index (χ3n) is 4.61. The van der Waals surface area contributed by atoms with E-state index in [9.17, 15) is 0 Å². The van der Waals surface area contributed by atoms with Gasteiger partial charge >= 0.3 is 0 Å². The second-order valence-corrected chi connectivity index (χ2v) is 7.45. The van der Waals surface area contributed by atoms with Crippen molar-refractivity contribution < 1.29 is 0 Å². The molecule has 1 rings (SSSR count). The second kappa shape index (κ2) is 7.87. The Morgan fingerprint density at radius 1 is 1.26 bits per heavy atom. The van der Waals surface area contributed by atoms with Crippen molar-refractivity contribution in [2.45, 2.75) is 45.2 Å². The normalized spacial score (nSPS) is 22.1. The second-order valence-electron chi connectivity index (χ2n) is 6.54. The van der Waals surface area contributed by atoms with Crippen molar-refractivity contribution in [3.63, 3.8) is 0 Å². The van der Waals surface area contributed by atoms with Gasteiger partial charge in [-0.05, 0) is 52.1 Å². The van der Waals surface area contributed by atoms with Crippen molar-refractivity contribution >= 4 is 11.8 Å². The zero-order chi connectivity index (χ0) is 14.5. The number of likely N-dealkylation sites (tertiary alicyclic amines) is 1. The molecule has 0 spiro atoms. The molecule has 0 aliphatic carbocycles. The van der Waals surface area contributed by atoms with Crippen molar-refractivity contribution in [1.82, 2.24) is 9.80 Å². The molecule has 1 fully saturated rings. The van der Waals surface area contributed by atoms with Gasteiger partial charge in [-0.25, -0.2) is 0 Å². The Balaban J connectivity index is 2.59. The van der Waals surface area contributed by atoms with Crippen LogP contribution in [0.5, 0.6) is 0 Å². The van der Waals surface area contributed by atoms with Crippen LogP contribution in [0.2, 0.25) is 0 Å². The van der Waals surface area contributed by atoms with Gasteiger partial charge < -0.3 is 10.6 Å². The van der Waals surface area contributed by atoms with Gasteiger partial charge in [-0.1, -0.05) is 13.8 Å². The van der Waals surface area contributed by atoms with Gasteiger partial charge in [-0.3, -0.25) is 4.90 Å². The number of nitrogens with two attached hydrogens (primary N) is 1. The van der Waals surface area contributed by atoms with Crippen molar-refractivity contribution in [2.75, 3.05) is 45.2 Å². The summed E-state index contributed by atoms with van der Waals surface area (Å²) in [5.74, 6) is 1.95. The molecule has 2 N–H and O–H groups in total. The molecular formula is C15H33N3S. The predicted molar refractivity (Wildman–Crippen MR) is 87.9 cm³/mol. The van der Waals surface area contributed by atoms with Crippen LogP contribution >= 0.6 is 11.8 Å². The summed E-state index contributed by atoms with van der Waals surface area (Å²) in [6.45, 7) is 11.4. The maximum atomic E-state index is 6.15. The fraction of sp³-hybridized carbons (Fsp3) is 1.00. The fourth-order valence-corrected chi connectivity index (χ4v) is 3.90. The number of nitrogens with zero attached hydrogens (tertiary/aromatic N) is 2. The number of thioether (sulfide) groups is 1. The van der Waals surface area contributed by atoms with E-state index in [-0.39, 0.29) is 5.54 Å². The van der Waals surface area contributed by atoms with Crippen LogP contribution in [0.15, 0.2) is 0 Å². The molecule has 3 nitrogen and oxygen atoms in total. The third-order valence-corrected chi connectivity index (χ3v) is 5.42. The molecule has 1 atom stereocenters. The number of hydrogen-bond acceptors (Lipinski definition) is 4. The first-order chi connectivity index (χ1) is 8.95. The Morgan fingerprint density at radius 3 is 2.26 bits per heavy atom. The van der Waals surface area contributed by atoms with Gasteiger partial charge in [0.1, 0.15) is 0 Å². The topological polar surface area (TPSA) is 32.5 Å². The minimum Gasteiger partial charge on any atom is -0.329 e. The van der Waals surface area contributed by atoms with E-state index in [2.05, 4.69) is 43.9 Å². The van der Waals surface area contributed by atoms with Crippen molar-refractivity contribution in [3.05, 3.63) is 0 Å². The Kier molecular flexibility index (Phi) is 7.15. The molecule has 114 valence electrons. The Hall–Kier alpha value is 0.230. The maximum absolute atomic E-state index is 6.15. The Labute approximate surface area is 124 Å². The summed E-state index contributed by atoms with van der Waals surface area (Å²) >= 11 is 1.93. The highest BCUT2D eigenvalue weighted by atomic mass is 32.2. The maximum Gasteiger partial charge on any atom is 0.0356 e. The average Bonchev–Trinajstić information content (AvgIpc) is 2.39. The molecule has 0 aromatic carbocycles. The molecule has 4 heteroatoms. The molecule has 19 heavy (non-hydrogen) atoms. The lowest BCUT2D eigenvalue weighted by molar-refractivity contribution is 0.0239. The van der Waals surface area contributed by atoms with Crippen molar-refractivity contribution in [2.24, 2.45) is 11.7 Å². The van der Waals surface area contributed by atoms with Gasteiger partial charge in [0.2, 0.25) is 0 Å². The summed E-state index contributed by atoms with van der Waals surface area (Å²) in [7, 11) is 2.27. The summed E-state index contributed by atoms with van der Waals surface area (Å²) < 4.78 is 0. The lowest BCUT2D eigenvalue weighted by Gasteiger charge is -2.49. The quantitative estimate of drug-likeness (QED) is 0.777. The van der Waals surface area contributed by atoms with Gasteiger partial charge in [0.15, 0.2) is 0 Å². The number of piperidine rings is 1.